The first-order chi connectivity index (χ1) is 7.18. The standard InChI is InChI=1S/C11H11N3O/c1-8-7-10(15)14(12)11(13-8)9-5-3-2-4-6-9/h2-7H,12H2,1H3. The predicted octanol–water partition coefficient (Wildman–Crippen LogP) is 0.933. The first-order valence-electron chi connectivity index (χ1n) is 4.59. The minimum atomic E-state index is -0.249. The van der Waals surface area contributed by atoms with Crippen molar-refractivity contribution in [3.63, 3.8) is 0 Å². The zero-order valence-corrected chi connectivity index (χ0v) is 8.34. The normalized spacial score (nSPS) is 10.2. The molecule has 0 unspecified atom stereocenters. The van der Waals surface area contributed by atoms with Crippen LogP contribution in [0, 0.1) is 6.92 Å². The van der Waals surface area contributed by atoms with Crippen molar-refractivity contribution in [2.24, 2.45) is 0 Å². The van der Waals surface area contributed by atoms with Crippen molar-refractivity contribution in [1.29, 1.82) is 0 Å². The highest BCUT2D eigenvalue weighted by molar-refractivity contribution is 5.55. The molecule has 15 heavy (non-hydrogen) atoms. The van der Waals surface area contributed by atoms with Crippen LogP contribution in [-0.4, -0.2) is 9.66 Å². The lowest BCUT2D eigenvalue weighted by molar-refractivity contribution is 0.888. The molecule has 0 aliphatic carbocycles. The van der Waals surface area contributed by atoms with E-state index in [4.69, 9.17) is 5.84 Å². The van der Waals surface area contributed by atoms with E-state index < -0.39 is 0 Å². The summed E-state index contributed by atoms with van der Waals surface area (Å²) in [6.07, 6.45) is 0. The lowest BCUT2D eigenvalue weighted by Crippen LogP contribution is -2.29. The van der Waals surface area contributed by atoms with Crippen molar-refractivity contribution in [3.05, 3.63) is 52.4 Å². The van der Waals surface area contributed by atoms with Gasteiger partial charge in [-0.1, -0.05) is 30.3 Å². The summed E-state index contributed by atoms with van der Waals surface area (Å²) >= 11 is 0. The Kier molecular flexibility index (Phi) is 2.25. The first-order valence-corrected chi connectivity index (χ1v) is 4.59. The quantitative estimate of drug-likeness (QED) is 0.698. The molecule has 4 nitrogen and oxygen atoms in total. The average Bonchev–Trinajstić information content (AvgIpc) is 2.24. The van der Waals surface area contributed by atoms with E-state index in [9.17, 15) is 4.79 Å². The molecule has 0 amide bonds. The van der Waals surface area contributed by atoms with Gasteiger partial charge in [-0.2, -0.15) is 0 Å². The highest BCUT2D eigenvalue weighted by atomic mass is 16.1. The van der Waals surface area contributed by atoms with Gasteiger partial charge in [-0.05, 0) is 6.92 Å². The lowest BCUT2D eigenvalue weighted by atomic mass is 10.2. The molecular weight excluding hydrogens is 190 g/mol. The van der Waals surface area contributed by atoms with E-state index in [1.165, 1.54) is 6.07 Å². The fourth-order valence-electron chi connectivity index (χ4n) is 1.40. The number of aromatic nitrogens is 2. The summed E-state index contributed by atoms with van der Waals surface area (Å²) in [4.78, 5) is 15.7. The van der Waals surface area contributed by atoms with Gasteiger partial charge in [0.05, 0.1) is 0 Å². The van der Waals surface area contributed by atoms with E-state index >= 15 is 0 Å². The number of rotatable bonds is 1. The van der Waals surface area contributed by atoms with Crippen LogP contribution in [0.5, 0.6) is 0 Å². The molecule has 0 saturated carbocycles. The number of nitrogens with zero attached hydrogens (tertiary/aromatic N) is 2. The molecule has 2 aromatic rings. The van der Waals surface area contributed by atoms with Crippen molar-refractivity contribution >= 4 is 0 Å². The molecule has 2 N–H and O–H groups in total. The Hall–Kier alpha value is -2.10. The molecule has 76 valence electrons. The third-order valence-corrected chi connectivity index (χ3v) is 2.11. The Bertz CT molecular complexity index is 531. The molecule has 0 aliphatic rings. The molecule has 0 fully saturated rings. The van der Waals surface area contributed by atoms with E-state index in [0.717, 1.165) is 10.2 Å². The number of hydrogen-bond donors (Lipinski definition) is 1. The number of nitrogen functional groups attached to an aromatic ring is 1. The molecule has 0 spiro atoms. The molecule has 0 saturated heterocycles. The zero-order valence-electron chi connectivity index (χ0n) is 8.34. The molecule has 0 radical (unpaired) electrons. The van der Waals surface area contributed by atoms with Crippen LogP contribution >= 0.6 is 0 Å². The Morgan fingerprint density at radius 3 is 2.60 bits per heavy atom. The number of hydrogen-bond acceptors (Lipinski definition) is 3. The molecule has 1 aromatic carbocycles. The number of nitrogens with two attached hydrogens (primary N) is 1. The molecular formula is C11H11N3O. The third-order valence-electron chi connectivity index (χ3n) is 2.11. The van der Waals surface area contributed by atoms with Gasteiger partial charge in [0.25, 0.3) is 5.56 Å². The van der Waals surface area contributed by atoms with Gasteiger partial charge in [-0.3, -0.25) is 4.79 Å². The second-order valence-corrected chi connectivity index (χ2v) is 3.30. The maximum absolute atomic E-state index is 11.4. The Balaban J connectivity index is 2.68. The minimum absolute atomic E-state index is 0.249. The Labute approximate surface area is 87.0 Å². The third kappa shape index (κ3) is 1.74. The van der Waals surface area contributed by atoms with Crippen molar-refractivity contribution in [2.45, 2.75) is 6.92 Å². The maximum atomic E-state index is 11.4. The summed E-state index contributed by atoms with van der Waals surface area (Å²) in [5, 5.41) is 0. The van der Waals surface area contributed by atoms with Crippen LogP contribution in [0.2, 0.25) is 0 Å². The molecule has 1 heterocycles. The smallest absolute Gasteiger partial charge is 0.272 e. The number of benzene rings is 1. The molecule has 0 bridgehead atoms. The maximum Gasteiger partial charge on any atom is 0.272 e. The largest absolute Gasteiger partial charge is 0.334 e. The van der Waals surface area contributed by atoms with Gasteiger partial charge in [0, 0.05) is 17.3 Å². The van der Waals surface area contributed by atoms with Crippen molar-refractivity contribution in [2.75, 3.05) is 5.84 Å². The SMILES string of the molecule is Cc1cc(=O)n(N)c(-c2ccccc2)n1. The molecule has 4 heteroatoms. The van der Waals surface area contributed by atoms with Gasteiger partial charge >= 0.3 is 0 Å². The molecule has 2 rings (SSSR count). The zero-order chi connectivity index (χ0) is 10.8. The summed E-state index contributed by atoms with van der Waals surface area (Å²) < 4.78 is 1.06. The van der Waals surface area contributed by atoms with Crippen molar-refractivity contribution < 1.29 is 0 Å². The van der Waals surface area contributed by atoms with Gasteiger partial charge in [0.2, 0.25) is 0 Å². The molecule has 1 aromatic heterocycles. The second kappa shape index (κ2) is 3.57. The van der Waals surface area contributed by atoms with Crippen LogP contribution in [0.3, 0.4) is 0 Å². The Morgan fingerprint density at radius 2 is 1.93 bits per heavy atom. The summed E-state index contributed by atoms with van der Waals surface area (Å²) in [5.74, 6) is 6.11. The van der Waals surface area contributed by atoms with E-state index in [2.05, 4.69) is 4.98 Å². The van der Waals surface area contributed by atoms with Crippen molar-refractivity contribution in [1.82, 2.24) is 9.66 Å². The topological polar surface area (TPSA) is 60.9 Å². The van der Waals surface area contributed by atoms with Gasteiger partial charge in [0.15, 0.2) is 5.82 Å². The van der Waals surface area contributed by atoms with Crippen LogP contribution < -0.4 is 11.4 Å². The highest BCUT2D eigenvalue weighted by Crippen LogP contribution is 2.13. The van der Waals surface area contributed by atoms with E-state index in [0.29, 0.717) is 11.5 Å². The summed E-state index contributed by atoms with van der Waals surface area (Å²) in [6.45, 7) is 1.77. The summed E-state index contributed by atoms with van der Waals surface area (Å²) in [6, 6.07) is 10.8. The number of aryl methyl sites for hydroxylation is 1. The fraction of sp³-hybridized carbons (Fsp3) is 0.0909. The summed E-state index contributed by atoms with van der Waals surface area (Å²) in [5.41, 5.74) is 1.25. The predicted molar refractivity (Wildman–Crippen MR) is 58.8 cm³/mol. The average molecular weight is 201 g/mol. The summed E-state index contributed by atoms with van der Waals surface area (Å²) in [7, 11) is 0. The van der Waals surface area contributed by atoms with E-state index in [1.807, 2.05) is 30.3 Å². The van der Waals surface area contributed by atoms with E-state index in [1.54, 1.807) is 6.92 Å². The van der Waals surface area contributed by atoms with Gasteiger partial charge in [-0.15, -0.1) is 0 Å². The van der Waals surface area contributed by atoms with Gasteiger partial charge in [0.1, 0.15) is 0 Å². The monoisotopic (exact) mass is 201 g/mol. The van der Waals surface area contributed by atoms with Crippen molar-refractivity contribution in [3.8, 4) is 11.4 Å². The van der Waals surface area contributed by atoms with Crippen LogP contribution in [-0.2, 0) is 0 Å². The molecule has 0 aliphatic heterocycles. The fourth-order valence-corrected chi connectivity index (χ4v) is 1.40. The van der Waals surface area contributed by atoms with E-state index in [-0.39, 0.29) is 5.56 Å². The van der Waals surface area contributed by atoms with Gasteiger partial charge < -0.3 is 5.84 Å². The molecule has 0 atom stereocenters. The second-order valence-electron chi connectivity index (χ2n) is 3.30. The first kappa shape index (κ1) is 9.45. The minimum Gasteiger partial charge on any atom is -0.334 e. The van der Waals surface area contributed by atoms with Crippen LogP contribution in [0.1, 0.15) is 5.69 Å². The van der Waals surface area contributed by atoms with Crippen LogP contribution in [0.15, 0.2) is 41.2 Å². The Morgan fingerprint density at radius 1 is 1.27 bits per heavy atom. The van der Waals surface area contributed by atoms with Gasteiger partial charge in [-0.25, -0.2) is 9.66 Å². The van der Waals surface area contributed by atoms with Crippen LogP contribution in [0.25, 0.3) is 11.4 Å². The highest BCUT2D eigenvalue weighted by Gasteiger charge is 2.05. The lowest BCUT2D eigenvalue weighted by Gasteiger charge is -2.06. The van der Waals surface area contributed by atoms with Crippen LogP contribution in [0.4, 0.5) is 0 Å².